The maximum absolute atomic E-state index is 12.3. The van der Waals surface area contributed by atoms with E-state index in [9.17, 15) is 4.79 Å². The molecule has 2 aromatic heterocycles. The first-order valence-corrected chi connectivity index (χ1v) is 8.72. The minimum atomic E-state index is 0.139. The molecule has 5 heteroatoms. The summed E-state index contributed by atoms with van der Waals surface area (Å²) >= 11 is 0. The van der Waals surface area contributed by atoms with Crippen molar-refractivity contribution in [1.82, 2.24) is 19.9 Å². The van der Waals surface area contributed by atoms with Crippen molar-refractivity contribution in [3.63, 3.8) is 0 Å². The predicted molar refractivity (Wildman–Crippen MR) is 93.6 cm³/mol. The molecule has 128 valence electrons. The first-order chi connectivity index (χ1) is 11.5. The lowest BCUT2D eigenvalue weighted by Gasteiger charge is -2.34. The van der Waals surface area contributed by atoms with Gasteiger partial charge in [-0.25, -0.2) is 9.97 Å². The Balaban J connectivity index is 1.54. The number of rotatable bonds is 5. The molecule has 0 atom stereocenters. The summed E-state index contributed by atoms with van der Waals surface area (Å²) < 4.78 is 1.87. The van der Waals surface area contributed by atoms with Gasteiger partial charge in [0.15, 0.2) is 0 Å². The lowest BCUT2D eigenvalue weighted by Crippen LogP contribution is -2.28. The fraction of sp³-hybridized carbons (Fsp3) is 0.526. The summed E-state index contributed by atoms with van der Waals surface area (Å²) in [4.78, 5) is 20.8. The van der Waals surface area contributed by atoms with Crippen molar-refractivity contribution in [1.29, 1.82) is 0 Å². The van der Waals surface area contributed by atoms with E-state index in [-0.39, 0.29) is 5.91 Å². The number of pyridine rings is 1. The van der Waals surface area contributed by atoms with E-state index in [1.54, 1.807) is 18.7 Å². The zero-order valence-electron chi connectivity index (χ0n) is 14.5. The Morgan fingerprint density at radius 3 is 2.83 bits per heavy atom. The number of amides is 1. The highest BCUT2D eigenvalue weighted by molar-refractivity contribution is 5.76. The number of imidazole rings is 1. The van der Waals surface area contributed by atoms with Crippen LogP contribution >= 0.6 is 0 Å². The Morgan fingerprint density at radius 2 is 2.12 bits per heavy atom. The molecule has 2 aromatic rings. The molecule has 0 radical (unpaired) electrons. The zero-order chi connectivity index (χ0) is 17.0. The average molecular weight is 326 g/mol. The highest BCUT2D eigenvalue weighted by Gasteiger charge is 2.27. The number of aromatic nitrogens is 3. The summed E-state index contributed by atoms with van der Waals surface area (Å²) in [6.07, 6.45) is 12.5. The van der Waals surface area contributed by atoms with Crippen LogP contribution in [0.15, 0.2) is 37.1 Å². The second kappa shape index (κ2) is 7.16. The summed E-state index contributed by atoms with van der Waals surface area (Å²) in [7, 11) is 0. The Bertz CT molecular complexity index is 668. The number of nitrogens with one attached hydrogen (secondary N) is 1. The monoisotopic (exact) mass is 326 g/mol. The van der Waals surface area contributed by atoms with E-state index in [2.05, 4.69) is 29.1 Å². The summed E-state index contributed by atoms with van der Waals surface area (Å²) in [5.41, 5.74) is 1.44. The predicted octanol–water partition coefficient (Wildman–Crippen LogP) is 3.49. The molecule has 1 N–H and O–H groups in total. The van der Waals surface area contributed by atoms with E-state index >= 15 is 0 Å². The van der Waals surface area contributed by atoms with Gasteiger partial charge in [0.25, 0.3) is 0 Å². The van der Waals surface area contributed by atoms with Gasteiger partial charge in [0, 0.05) is 37.1 Å². The molecule has 0 bridgehead atoms. The Hall–Kier alpha value is -2.17. The van der Waals surface area contributed by atoms with Gasteiger partial charge in [-0.3, -0.25) is 9.36 Å². The van der Waals surface area contributed by atoms with Gasteiger partial charge in [0.1, 0.15) is 12.1 Å². The number of carbonyl (C=O) groups is 1. The molecule has 0 aliphatic heterocycles. The molecule has 2 heterocycles. The van der Waals surface area contributed by atoms with Gasteiger partial charge in [0.05, 0.1) is 0 Å². The van der Waals surface area contributed by atoms with Crippen LogP contribution in [-0.4, -0.2) is 20.4 Å². The number of nitrogens with zero attached hydrogens (tertiary/aromatic N) is 3. The molecule has 1 saturated carbocycles. The van der Waals surface area contributed by atoms with Crippen LogP contribution in [0, 0.1) is 11.3 Å². The van der Waals surface area contributed by atoms with Gasteiger partial charge in [0.2, 0.25) is 5.91 Å². The first kappa shape index (κ1) is 16.7. The zero-order valence-corrected chi connectivity index (χ0v) is 14.5. The van der Waals surface area contributed by atoms with Crippen LogP contribution in [0.25, 0.3) is 5.82 Å². The van der Waals surface area contributed by atoms with Gasteiger partial charge in [-0.1, -0.05) is 19.9 Å². The molecule has 24 heavy (non-hydrogen) atoms. The van der Waals surface area contributed by atoms with Crippen molar-refractivity contribution in [2.75, 3.05) is 0 Å². The van der Waals surface area contributed by atoms with Crippen LogP contribution in [0.2, 0.25) is 0 Å². The maximum Gasteiger partial charge on any atom is 0.220 e. The van der Waals surface area contributed by atoms with Gasteiger partial charge in [-0.15, -0.1) is 0 Å². The molecule has 0 aromatic carbocycles. The molecule has 1 amide bonds. The van der Waals surface area contributed by atoms with Crippen LogP contribution in [-0.2, 0) is 11.3 Å². The maximum atomic E-state index is 12.3. The Labute approximate surface area is 143 Å². The van der Waals surface area contributed by atoms with E-state index in [0.717, 1.165) is 24.2 Å². The minimum absolute atomic E-state index is 0.139. The van der Waals surface area contributed by atoms with E-state index in [4.69, 9.17) is 0 Å². The normalized spacial score (nSPS) is 17.6. The largest absolute Gasteiger partial charge is 0.352 e. The highest BCUT2D eigenvalue weighted by Crippen LogP contribution is 2.39. The molecule has 1 aliphatic rings. The molecule has 3 rings (SSSR count). The van der Waals surface area contributed by atoms with Crippen LogP contribution in [0.3, 0.4) is 0 Å². The fourth-order valence-corrected chi connectivity index (χ4v) is 3.38. The number of carbonyl (C=O) groups excluding carboxylic acids is 1. The fourth-order valence-electron chi connectivity index (χ4n) is 3.38. The summed E-state index contributed by atoms with van der Waals surface area (Å²) in [5.74, 6) is 1.48. The van der Waals surface area contributed by atoms with Crippen molar-refractivity contribution in [2.24, 2.45) is 11.3 Å². The second-order valence-electron chi connectivity index (χ2n) is 7.54. The second-order valence-corrected chi connectivity index (χ2v) is 7.54. The molecular formula is C19H26N4O. The third-order valence-electron chi connectivity index (χ3n) is 5.03. The standard InChI is InChI=1S/C19H26N4O/c1-19(2)7-5-15(6-8-19)12-17(24)22-13-16-4-3-9-21-18(16)23-11-10-20-14-23/h3-4,9-11,14-15H,5-8,12-13H2,1-2H3,(H,22,24). The number of hydrogen-bond acceptors (Lipinski definition) is 3. The van der Waals surface area contributed by atoms with Crippen LogP contribution in [0.1, 0.15) is 51.5 Å². The molecule has 1 fully saturated rings. The third-order valence-corrected chi connectivity index (χ3v) is 5.03. The topological polar surface area (TPSA) is 59.8 Å². The van der Waals surface area contributed by atoms with Crippen LogP contribution in [0.5, 0.6) is 0 Å². The Morgan fingerprint density at radius 1 is 1.33 bits per heavy atom. The van der Waals surface area contributed by atoms with E-state index in [1.807, 2.05) is 22.9 Å². The van der Waals surface area contributed by atoms with Crippen molar-refractivity contribution in [2.45, 2.75) is 52.5 Å². The molecule has 1 aliphatic carbocycles. The smallest absolute Gasteiger partial charge is 0.220 e. The lowest BCUT2D eigenvalue weighted by molar-refractivity contribution is -0.122. The minimum Gasteiger partial charge on any atom is -0.352 e. The summed E-state index contributed by atoms with van der Waals surface area (Å²) in [6, 6.07) is 3.89. The molecule has 0 spiro atoms. The number of hydrogen-bond donors (Lipinski definition) is 1. The van der Waals surface area contributed by atoms with Crippen molar-refractivity contribution in [3.05, 3.63) is 42.6 Å². The lowest BCUT2D eigenvalue weighted by atomic mass is 9.72. The van der Waals surface area contributed by atoms with Gasteiger partial charge in [-0.2, -0.15) is 0 Å². The van der Waals surface area contributed by atoms with Crippen molar-refractivity contribution < 1.29 is 4.79 Å². The first-order valence-electron chi connectivity index (χ1n) is 8.72. The van der Waals surface area contributed by atoms with Crippen molar-refractivity contribution >= 4 is 5.91 Å². The Kier molecular flexibility index (Phi) is 4.97. The van der Waals surface area contributed by atoms with E-state index < -0.39 is 0 Å². The summed E-state index contributed by atoms with van der Waals surface area (Å²) in [6.45, 7) is 5.14. The van der Waals surface area contributed by atoms with Crippen LogP contribution < -0.4 is 5.32 Å². The third kappa shape index (κ3) is 4.22. The van der Waals surface area contributed by atoms with Crippen LogP contribution in [0.4, 0.5) is 0 Å². The molecular weight excluding hydrogens is 300 g/mol. The average Bonchev–Trinajstić information content (AvgIpc) is 3.10. The molecule has 0 unspecified atom stereocenters. The summed E-state index contributed by atoms with van der Waals surface area (Å²) in [5, 5.41) is 3.06. The molecule has 0 saturated heterocycles. The molecule has 5 nitrogen and oxygen atoms in total. The SMILES string of the molecule is CC1(C)CCC(CC(=O)NCc2cccnc2-n2ccnc2)CC1. The van der Waals surface area contributed by atoms with Gasteiger partial charge in [-0.05, 0) is 43.1 Å². The van der Waals surface area contributed by atoms with Gasteiger partial charge < -0.3 is 5.32 Å². The highest BCUT2D eigenvalue weighted by atomic mass is 16.1. The van der Waals surface area contributed by atoms with Crippen molar-refractivity contribution in [3.8, 4) is 5.82 Å². The van der Waals surface area contributed by atoms with E-state index in [1.165, 1.54) is 12.8 Å². The van der Waals surface area contributed by atoms with E-state index in [0.29, 0.717) is 24.3 Å². The quantitative estimate of drug-likeness (QED) is 0.915. The van der Waals surface area contributed by atoms with Gasteiger partial charge >= 0.3 is 0 Å².